The lowest BCUT2D eigenvalue weighted by atomic mass is 10.0. The van der Waals surface area contributed by atoms with E-state index in [9.17, 15) is 0 Å². The number of aryl methyl sites for hydroxylation is 1. The smallest absolute Gasteiger partial charge is 0.0968 e. The van der Waals surface area contributed by atoms with Crippen LogP contribution in [0.3, 0.4) is 0 Å². The van der Waals surface area contributed by atoms with E-state index in [4.69, 9.17) is 11.0 Å². The van der Waals surface area contributed by atoms with Crippen LogP contribution in [-0.4, -0.2) is 6.04 Å². The monoisotopic (exact) mass is 188 g/mol. The minimum absolute atomic E-state index is 0.382. The van der Waals surface area contributed by atoms with Crippen molar-refractivity contribution in [2.24, 2.45) is 5.73 Å². The molecule has 0 radical (unpaired) electrons. The Morgan fingerprint density at radius 3 is 2.36 bits per heavy atom. The number of benzene rings is 1. The molecular formula is C12H16N2. The lowest BCUT2D eigenvalue weighted by Crippen LogP contribution is -2.19. The molecule has 0 aliphatic heterocycles. The average Bonchev–Trinajstić information content (AvgIpc) is 2.21. The number of hydrogen-bond donors (Lipinski definition) is 1. The van der Waals surface area contributed by atoms with Gasteiger partial charge in [0.2, 0.25) is 0 Å². The second kappa shape index (κ2) is 5.41. The summed E-state index contributed by atoms with van der Waals surface area (Å²) in [6.45, 7) is 2.17. The van der Waals surface area contributed by atoms with Crippen molar-refractivity contribution in [2.45, 2.75) is 32.2 Å². The molecule has 1 aromatic carbocycles. The summed E-state index contributed by atoms with van der Waals surface area (Å²) in [4.78, 5) is 0. The van der Waals surface area contributed by atoms with E-state index >= 15 is 0 Å². The van der Waals surface area contributed by atoms with Crippen LogP contribution in [0, 0.1) is 11.3 Å². The van der Waals surface area contributed by atoms with Crippen LogP contribution in [0.1, 0.15) is 24.5 Å². The summed E-state index contributed by atoms with van der Waals surface area (Å²) >= 11 is 0. The van der Waals surface area contributed by atoms with Gasteiger partial charge in [0, 0.05) is 6.42 Å². The van der Waals surface area contributed by atoms with E-state index in [2.05, 4.69) is 31.2 Å². The molecule has 0 fully saturated rings. The van der Waals surface area contributed by atoms with Crippen molar-refractivity contribution in [3.63, 3.8) is 0 Å². The van der Waals surface area contributed by atoms with Crippen LogP contribution in [0.15, 0.2) is 24.3 Å². The molecule has 0 saturated carbocycles. The summed E-state index contributed by atoms with van der Waals surface area (Å²) < 4.78 is 0. The molecule has 2 N–H and O–H groups in total. The topological polar surface area (TPSA) is 49.8 Å². The third-order valence-electron chi connectivity index (χ3n) is 2.18. The number of nitrogens with zero attached hydrogens (tertiary/aromatic N) is 1. The Hall–Kier alpha value is -1.33. The van der Waals surface area contributed by atoms with E-state index < -0.39 is 0 Å². The van der Waals surface area contributed by atoms with E-state index in [1.807, 2.05) is 6.07 Å². The lowest BCUT2D eigenvalue weighted by molar-refractivity contribution is 0.821. The zero-order valence-electron chi connectivity index (χ0n) is 8.53. The van der Waals surface area contributed by atoms with Gasteiger partial charge in [-0.15, -0.1) is 0 Å². The number of rotatable bonds is 4. The highest BCUT2D eigenvalue weighted by molar-refractivity contribution is 5.24. The van der Waals surface area contributed by atoms with Gasteiger partial charge in [-0.3, -0.25) is 0 Å². The van der Waals surface area contributed by atoms with Gasteiger partial charge in [0.05, 0.1) is 12.1 Å². The molecule has 0 aliphatic carbocycles. The summed E-state index contributed by atoms with van der Waals surface area (Å²) in [7, 11) is 0. The van der Waals surface area contributed by atoms with Gasteiger partial charge in [-0.1, -0.05) is 37.6 Å². The fraction of sp³-hybridized carbons (Fsp3) is 0.417. The van der Waals surface area contributed by atoms with E-state index in [-0.39, 0.29) is 6.04 Å². The molecule has 2 heteroatoms. The molecule has 0 saturated heterocycles. The summed E-state index contributed by atoms with van der Waals surface area (Å²) in [5.74, 6) is 0. The van der Waals surface area contributed by atoms with Gasteiger partial charge in [0.1, 0.15) is 0 Å². The summed E-state index contributed by atoms with van der Waals surface area (Å²) in [5, 5.41) is 8.56. The van der Waals surface area contributed by atoms with Crippen LogP contribution in [-0.2, 0) is 12.8 Å². The molecule has 0 spiro atoms. The maximum atomic E-state index is 8.56. The molecule has 0 amide bonds. The van der Waals surface area contributed by atoms with Crippen molar-refractivity contribution in [1.82, 2.24) is 0 Å². The third kappa shape index (κ3) is 3.20. The van der Waals surface area contributed by atoms with Crippen molar-refractivity contribution >= 4 is 0 Å². The largest absolute Gasteiger partial charge is 0.316 e. The Morgan fingerprint density at radius 2 is 1.86 bits per heavy atom. The van der Waals surface area contributed by atoms with Gasteiger partial charge in [-0.2, -0.15) is 5.26 Å². The van der Waals surface area contributed by atoms with Crippen LogP contribution in [0.4, 0.5) is 0 Å². The van der Waals surface area contributed by atoms with Crippen LogP contribution < -0.4 is 5.73 Å². The zero-order valence-corrected chi connectivity index (χ0v) is 8.53. The van der Waals surface area contributed by atoms with Crippen molar-refractivity contribution in [2.75, 3.05) is 0 Å². The van der Waals surface area contributed by atoms with Crippen LogP contribution in [0.5, 0.6) is 0 Å². The van der Waals surface area contributed by atoms with Crippen LogP contribution in [0.25, 0.3) is 0 Å². The third-order valence-corrected chi connectivity index (χ3v) is 2.18. The molecule has 2 nitrogen and oxygen atoms in total. The summed E-state index contributed by atoms with van der Waals surface area (Å²) in [6.07, 6.45) is 2.92. The molecule has 0 aliphatic rings. The average molecular weight is 188 g/mol. The highest BCUT2D eigenvalue weighted by Crippen LogP contribution is 2.07. The molecular weight excluding hydrogens is 172 g/mol. The maximum Gasteiger partial charge on any atom is 0.0968 e. The number of nitrogens with two attached hydrogens (primary N) is 1. The predicted molar refractivity (Wildman–Crippen MR) is 57.7 cm³/mol. The first-order valence-corrected chi connectivity index (χ1v) is 4.99. The van der Waals surface area contributed by atoms with Gasteiger partial charge >= 0.3 is 0 Å². The molecule has 74 valence electrons. The van der Waals surface area contributed by atoms with Crippen LogP contribution in [0.2, 0.25) is 0 Å². The Kier molecular flexibility index (Phi) is 4.15. The van der Waals surface area contributed by atoms with Gasteiger partial charge in [0.25, 0.3) is 0 Å². The summed E-state index contributed by atoms with van der Waals surface area (Å²) in [6, 6.07) is 9.99. The highest BCUT2D eigenvalue weighted by atomic mass is 14.6. The van der Waals surface area contributed by atoms with Gasteiger partial charge in [0.15, 0.2) is 0 Å². The Bertz CT molecular complexity index is 308. The number of hydrogen-bond acceptors (Lipinski definition) is 2. The first-order chi connectivity index (χ1) is 6.76. The Balaban J connectivity index is 2.60. The van der Waals surface area contributed by atoms with Crippen molar-refractivity contribution < 1.29 is 0 Å². The normalized spacial score (nSPS) is 12.1. The molecule has 0 aromatic heterocycles. The van der Waals surface area contributed by atoms with Crippen molar-refractivity contribution in [3.8, 4) is 6.07 Å². The fourth-order valence-electron chi connectivity index (χ4n) is 1.43. The molecule has 1 unspecified atom stereocenters. The number of nitriles is 1. The van der Waals surface area contributed by atoms with E-state index in [0.29, 0.717) is 6.42 Å². The lowest BCUT2D eigenvalue weighted by Gasteiger charge is -2.04. The zero-order chi connectivity index (χ0) is 10.4. The SMILES string of the molecule is CCCc1ccc(CC(N)C#N)cc1. The van der Waals surface area contributed by atoms with Gasteiger partial charge in [-0.05, 0) is 17.5 Å². The highest BCUT2D eigenvalue weighted by Gasteiger charge is 2.01. The minimum atomic E-state index is -0.382. The maximum absolute atomic E-state index is 8.56. The summed E-state index contributed by atoms with van der Waals surface area (Å²) in [5.41, 5.74) is 8.03. The second-order valence-electron chi connectivity index (χ2n) is 3.51. The van der Waals surface area contributed by atoms with Crippen LogP contribution >= 0.6 is 0 Å². The second-order valence-corrected chi connectivity index (χ2v) is 3.51. The Morgan fingerprint density at radius 1 is 1.29 bits per heavy atom. The molecule has 0 bridgehead atoms. The van der Waals surface area contributed by atoms with Gasteiger partial charge in [-0.25, -0.2) is 0 Å². The Labute approximate surface area is 85.4 Å². The fourth-order valence-corrected chi connectivity index (χ4v) is 1.43. The molecule has 1 rings (SSSR count). The van der Waals surface area contributed by atoms with E-state index in [0.717, 1.165) is 18.4 Å². The standard InChI is InChI=1S/C12H16N2/c1-2-3-10-4-6-11(7-5-10)8-12(14)9-13/h4-7,12H,2-3,8,14H2,1H3. The first-order valence-electron chi connectivity index (χ1n) is 4.99. The first kappa shape index (κ1) is 10.7. The molecule has 0 heterocycles. The molecule has 1 atom stereocenters. The molecule has 1 aromatic rings. The molecule has 14 heavy (non-hydrogen) atoms. The van der Waals surface area contributed by atoms with E-state index in [1.165, 1.54) is 5.56 Å². The van der Waals surface area contributed by atoms with Crippen molar-refractivity contribution in [1.29, 1.82) is 5.26 Å². The van der Waals surface area contributed by atoms with E-state index in [1.54, 1.807) is 0 Å². The van der Waals surface area contributed by atoms with Gasteiger partial charge < -0.3 is 5.73 Å². The minimum Gasteiger partial charge on any atom is -0.316 e. The predicted octanol–water partition coefficient (Wildman–Crippen LogP) is 2.03. The van der Waals surface area contributed by atoms with Crippen molar-refractivity contribution in [3.05, 3.63) is 35.4 Å². The quantitative estimate of drug-likeness (QED) is 0.786.